The third kappa shape index (κ3) is 21.5. The molecule has 0 saturated carbocycles. The van der Waals surface area contributed by atoms with Crippen LogP contribution in [0.15, 0.2) is 18.4 Å². The normalized spacial score (nSPS) is 10.7. The Hall–Kier alpha value is -0.480. The lowest BCUT2D eigenvalue weighted by Crippen LogP contribution is -1.84. The van der Waals surface area contributed by atoms with E-state index in [1.165, 1.54) is 122 Å². The van der Waals surface area contributed by atoms with E-state index >= 15 is 0 Å². The van der Waals surface area contributed by atoms with Gasteiger partial charge in [0.15, 0.2) is 0 Å². The van der Waals surface area contributed by atoms with E-state index in [2.05, 4.69) is 25.3 Å². The molecule has 0 fully saturated rings. The zero-order valence-corrected chi connectivity index (χ0v) is 16.2. The van der Waals surface area contributed by atoms with E-state index in [1.807, 2.05) is 0 Å². The maximum absolute atomic E-state index is 3.60. The molecule has 0 nitrogen and oxygen atoms in total. The minimum Gasteiger partial charge on any atom is -0.133 e. The average Bonchev–Trinajstić information content (AvgIpc) is 2.57. The SMILES string of the molecule is C=C=CCCCCCCCCCCCCCCCCCCCC. The first-order valence-electron chi connectivity index (χ1n) is 10.8. The van der Waals surface area contributed by atoms with Crippen molar-refractivity contribution < 1.29 is 0 Å². The Morgan fingerprint density at radius 3 is 1.13 bits per heavy atom. The Labute approximate surface area is 147 Å². The predicted octanol–water partition coefficient (Wildman–Crippen LogP) is 8.76. The van der Waals surface area contributed by atoms with Gasteiger partial charge >= 0.3 is 0 Å². The van der Waals surface area contributed by atoms with Crippen molar-refractivity contribution in [2.45, 2.75) is 129 Å². The highest BCUT2D eigenvalue weighted by atomic mass is 14.0. The molecule has 0 unspecified atom stereocenters. The Bertz CT molecular complexity index is 247. The molecule has 0 rings (SSSR count). The van der Waals surface area contributed by atoms with E-state index in [1.54, 1.807) is 0 Å². The van der Waals surface area contributed by atoms with Gasteiger partial charge in [-0.3, -0.25) is 0 Å². The van der Waals surface area contributed by atoms with Crippen LogP contribution in [-0.4, -0.2) is 0 Å². The van der Waals surface area contributed by atoms with Crippen molar-refractivity contribution in [3.8, 4) is 0 Å². The quantitative estimate of drug-likeness (QED) is 0.165. The highest BCUT2D eigenvalue weighted by Gasteiger charge is 1.94. The maximum atomic E-state index is 3.60. The predicted molar refractivity (Wildman–Crippen MR) is 107 cm³/mol. The Balaban J connectivity index is 2.96. The molecule has 0 aromatic carbocycles. The van der Waals surface area contributed by atoms with Gasteiger partial charge in [-0.2, -0.15) is 0 Å². The lowest BCUT2D eigenvalue weighted by Gasteiger charge is -2.03. The van der Waals surface area contributed by atoms with Gasteiger partial charge in [0, 0.05) is 0 Å². The first-order valence-corrected chi connectivity index (χ1v) is 10.8. The van der Waals surface area contributed by atoms with Crippen molar-refractivity contribution in [1.82, 2.24) is 0 Å². The van der Waals surface area contributed by atoms with E-state index < -0.39 is 0 Å². The molecule has 0 saturated heterocycles. The van der Waals surface area contributed by atoms with Crippen LogP contribution in [0.1, 0.15) is 129 Å². The highest BCUT2D eigenvalue weighted by molar-refractivity contribution is 4.74. The standard InChI is InChI=1S/C23H44/c1-3-5-7-9-11-13-15-17-19-21-23-22-20-18-16-14-12-10-8-6-4-2/h5H,1,4,6-23H2,2H3. The fourth-order valence-electron chi connectivity index (χ4n) is 3.25. The number of hydrogen-bond donors (Lipinski definition) is 0. The summed E-state index contributed by atoms with van der Waals surface area (Å²) in [5.41, 5.74) is 2.85. The molecule has 23 heavy (non-hydrogen) atoms. The molecule has 0 aliphatic carbocycles. The van der Waals surface area contributed by atoms with Gasteiger partial charge in [-0.1, -0.05) is 123 Å². The van der Waals surface area contributed by atoms with Crippen molar-refractivity contribution in [3.05, 3.63) is 18.4 Å². The second-order valence-electron chi connectivity index (χ2n) is 7.21. The van der Waals surface area contributed by atoms with Crippen molar-refractivity contribution in [2.75, 3.05) is 0 Å². The third-order valence-corrected chi connectivity index (χ3v) is 4.85. The lowest BCUT2D eigenvalue weighted by atomic mass is 10.0. The average molecular weight is 321 g/mol. The third-order valence-electron chi connectivity index (χ3n) is 4.85. The Morgan fingerprint density at radius 1 is 0.522 bits per heavy atom. The number of hydrogen-bond acceptors (Lipinski definition) is 0. The summed E-state index contributed by atoms with van der Waals surface area (Å²) >= 11 is 0. The molecule has 0 atom stereocenters. The molecule has 136 valence electrons. The van der Waals surface area contributed by atoms with Gasteiger partial charge in [0.2, 0.25) is 0 Å². The van der Waals surface area contributed by atoms with Crippen molar-refractivity contribution >= 4 is 0 Å². The molecule has 0 heterocycles. The summed E-state index contributed by atoms with van der Waals surface area (Å²) in [6, 6.07) is 0. The van der Waals surface area contributed by atoms with Gasteiger partial charge < -0.3 is 0 Å². The summed E-state index contributed by atoms with van der Waals surface area (Å²) in [7, 11) is 0. The molecule has 0 aromatic heterocycles. The van der Waals surface area contributed by atoms with Crippen LogP contribution in [0.4, 0.5) is 0 Å². The van der Waals surface area contributed by atoms with Crippen LogP contribution < -0.4 is 0 Å². The molecule has 0 aliphatic heterocycles. The van der Waals surface area contributed by atoms with Crippen LogP contribution in [0.25, 0.3) is 0 Å². The molecule has 0 N–H and O–H groups in total. The van der Waals surface area contributed by atoms with Crippen LogP contribution in [0, 0.1) is 0 Å². The van der Waals surface area contributed by atoms with E-state index in [0.717, 1.165) is 0 Å². The van der Waals surface area contributed by atoms with Gasteiger partial charge in [0.05, 0.1) is 0 Å². The summed E-state index contributed by atoms with van der Waals surface area (Å²) in [5.74, 6) is 0. The fourth-order valence-corrected chi connectivity index (χ4v) is 3.25. The monoisotopic (exact) mass is 320 g/mol. The molecule has 0 bridgehead atoms. The van der Waals surface area contributed by atoms with E-state index in [4.69, 9.17) is 0 Å². The van der Waals surface area contributed by atoms with Gasteiger partial charge in [-0.25, -0.2) is 0 Å². The summed E-state index contributed by atoms with van der Waals surface area (Å²) < 4.78 is 0. The number of allylic oxidation sites excluding steroid dienone is 1. The van der Waals surface area contributed by atoms with Gasteiger partial charge in [-0.15, -0.1) is 5.73 Å². The summed E-state index contributed by atoms with van der Waals surface area (Å²) in [4.78, 5) is 0. The largest absolute Gasteiger partial charge is 0.133 e. The maximum Gasteiger partial charge on any atom is -0.0275 e. The molecule has 0 spiro atoms. The van der Waals surface area contributed by atoms with Crippen molar-refractivity contribution in [3.63, 3.8) is 0 Å². The second kappa shape index (κ2) is 21.5. The topological polar surface area (TPSA) is 0 Å². The molecule has 0 aromatic rings. The Kier molecular flexibility index (Phi) is 21.1. The first-order chi connectivity index (χ1) is 11.4. The Morgan fingerprint density at radius 2 is 0.826 bits per heavy atom. The van der Waals surface area contributed by atoms with Gasteiger partial charge in [0.25, 0.3) is 0 Å². The van der Waals surface area contributed by atoms with Crippen LogP contribution in [0.2, 0.25) is 0 Å². The zero-order valence-electron chi connectivity index (χ0n) is 16.2. The molecule has 0 aliphatic rings. The molecule has 0 heteroatoms. The summed E-state index contributed by atoms with van der Waals surface area (Å²) in [6.45, 7) is 5.89. The molecule has 0 amide bonds. The minimum atomic E-state index is 1.17. The van der Waals surface area contributed by atoms with E-state index in [9.17, 15) is 0 Å². The highest BCUT2D eigenvalue weighted by Crippen LogP contribution is 2.14. The van der Waals surface area contributed by atoms with Crippen molar-refractivity contribution in [2.24, 2.45) is 0 Å². The second-order valence-corrected chi connectivity index (χ2v) is 7.21. The fraction of sp³-hybridized carbons (Fsp3) is 0.870. The number of rotatable bonds is 19. The lowest BCUT2D eigenvalue weighted by molar-refractivity contribution is 0.525. The zero-order chi connectivity index (χ0) is 16.8. The molecular formula is C23H44. The van der Waals surface area contributed by atoms with E-state index in [-0.39, 0.29) is 0 Å². The van der Waals surface area contributed by atoms with Gasteiger partial charge in [-0.05, 0) is 18.9 Å². The molecule has 0 radical (unpaired) electrons. The van der Waals surface area contributed by atoms with E-state index in [0.29, 0.717) is 0 Å². The van der Waals surface area contributed by atoms with Crippen molar-refractivity contribution in [1.29, 1.82) is 0 Å². The van der Waals surface area contributed by atoms with Crippen LogP contribution in [0.5, 0.6) is 0 Å². The van der Waals surface area contributed by atoms with Crippen LogP contribution in [0.3, 0.4) is 0 Å². The van der Waals surface area contributed by atoms with Gasteiger partial charge in [0.1, 0.15) is 0 Å². The van der Waals surface area contributed by atoms with Crippen LogP contribution in [-0.2, 0) is 0 Å². The minimum absolute atomic E-state index is 1.17. The van der Waals surface area contributed by atoms with Crippen LogP contribution >= 0.6 is 0 Å². The first kappa shape index (κ1) is 22.5. The molecular weight excluding hydrogens is 276 g/mol. The summed E-state index contributed by atoms with van der Waals surface area (Å²) in [6.07, 6.45) is 29.3. The summed E-state index contributed by atoms with van der Waals surface area (Å²) in [5, 5.41) is 0. The smallest absolute Gasteiger partial charge is 0.0275 e. The number of unbranched alkanes of at least 4 members (excludes halogenated alkanes) is 18.